The summed E-state index contributed by atoms with van der Waals surface area (Å²) in [6, 6.07) is 55.4. The second-order valence-electron chi connectivity index (χ2n) is 17.9. The molecular formula is C59H50N2O2. The molecule has 0 amide bonds. The topological polar surface area (TPSA) is 32.8 Å². The van der Waals surface area contributed by atoms with E-state index in [0.29, 0.717) is 0 Å². The van der Waals surface area contributed by atoms with Gasteiger partial charge in [0.05, 0.1) is 0 Å². The molecule has 0 saturated heterocycles. The highest BCUT2D eigenvalue weighted by atomic mass is 16.3. The van der Waals surface area contributed by atoms with Gasteiger partial charge in [0.2, 0.25) is 0 Å². The standard InChI is InChI=1S/C59H50N2O2/c1-34(2)57-58-53(51-29-41-19-21-47(27-43(41)31-55(51)62-58)60(45-15-11-9-12-16-45)49-23-35(3)39(7)36(4)24-49)33-54-52-30-42-20-22-48(28-44(42)32-56(52)63-59(54)57)61(46-17-13-10-14-18-46)50-25-37(5)40(8)38(6)26-50/h9-34H,1-8H3. The third-order valence-corrected chi connectivity index (χ3v) is 13.6. The lowest BCUT2D eigenvalue weighted by atomic mass is 9.95. The van der Waals surface area contributed by atoms with Gasteiger partial charge in [-0.2, -0.15) is 0 Å². The highest BCUT2D eigenvalue weighted by Gasteiger charge is 2.24. The zero-order chi connectivity index (χ0) is 43.3. The van der Waals surface area contributed by atoms with Crippen molar-refractivity contribution in [2.45, 2.75) is 61.3 Å². The quantitative estimate of drug-likeness (QED) is 0.160. The van der Waals surface area contributed by atoms with Gasteiger partial charge in [0.15, 0.2) is 0 Å². The number of nitrogens with zero attached hydrogens (tertiary/aromatic N) is 2. The first-order valence-electron chi connectivity index (χ1n) is 22.1. The lowest BCUT2D eigenvalue weighted by Crippen LogP contribution is -2.10. The van der Waals surface area contributed by atoms with Crippen LogP contribution in [0, 0.1) is 41.5 Å². The predicted molar refractivity (Wildman–Crippen MR) is 268 cm³/mol. The van der Waals surface area contributed by atoms with E-state index in [4.69, 9.17) is 8.83 Å². The molecule has 0 N–H and O–H groups in total. The van der Waals surface area contributed by atoms with Crippen molar-refractivity contribution >= 4 is 99.5 Å². The molecule has 11 rings (SSSR count). The lowest BCUT2D eigenvalue weighted by Gasteiger charge is -2.27. The minimum absolute atomic E-state index is 0.168. The third-order valence-electron chi connectivity index (χ3n) is 13.6. The van der Waals surface area contributed by atoms with Gasteiger partial charge in [-0.3, -0.25) is 0 Å². The zero-order valence-corrected chi connectivity index (χ0v) is 37.2. The zero-order valence-electron chi connectivity index (χ0n) is 37.2. The van der Waals surface area contributed by atoms with Gasteiger partial charge < -0.3 is 18.6 Å². The Bertz CT molecular complexity index is 3330. The van der Waals surface area contributed by atoms with Crippen molar-refractivity contribution in [3.63, 3.8) is 0 Å². The van der Waals surface area contributed by atoms with E-state index in [-0.39, 0.29) is 5.92 Å². The molecule has 0 bridgehead atoms. The summed E-state index contributed by atoms with van der Waals surface area (Å²) in [5.74, 6) is 0.168. The van der Waals surface area contributed by atoms with Gasteiger partial charge in [-0.25, -0.2) is 0 Å². The van der Waals surface area contributed by atoms with Crippen molar-refractivity contribution in [1.29, 1.82) is 0 Å². The van der Waals surface area contributed by atoms with Crippen molar-refractivity contribution in [2.24, 2.45) is 0 Å². The number of furan rings is 2. The lowest BCUT2D eigenvalue weighted by molar-refractivity contribution is 0.638. The van der Waals surface area contributed by atoms with Crippen LogP contribution in [-0.2, 0) is 0 Å². The van der Waals surface area contributed by atoms with Crippen LogP contribution in [0.25, 0.3) is 65.4 Å². The number of fused-ring (bicyclic) bond motifs is 8. The number of hydrogen-bond donors (Lipinski definition) is 0. The van der Waals surface area contributed by atoms with Crippen molar-refractivity contribution in [3.8, 4) is 0 Å². The van der Waals surface area contributed by atoms with Gasteiger partial charge in [0, 0.05) is 61.2 Å². The first kappa shape index (κ1) is 38.6. The van der Waals surface area contributed by atoms with Crippen molar-refractivity contribution in [2.75, 3.05) is 9.80 Å². The van der Waals surface area contributed by atoms with Gasteiger partial charge in [-0.1, -0.05) is 62.4 Å². The number of hydrogen-bond acceptors (Lipinski definition) is 4. The van der Waals surface area contributed by atoms with Gasteiger partial charge in [-0.15, -0.1) is 0 Å². The van der Waals surface area contributed by atoms with Gasteiger partial charge in [-0.05, 0) is 206 Å². The Balaban J connectivity index is 1.05. The molecule has 308 valence electrons. The highest BCUT2D eigenvalue weighted by Crippen LogP contribution is 2.46. The Hall–Kier alpha value is -7.30. The van der Waals surface area contributed by atoms with E-state index < -0.39 is 0 Å². The summed E-state index contributed by atoms with van der Waals surface area (Å²) < 4.78 is 13.8. The van der Waals surface area contributed by atoms with Crippen LogP contribution in [0.3, 0.4) is 0 Å². The highest BCUT2D eigenvalue weighted by molar-refractivity contribution is 6.20. The molecule has 63 heavy (non-hydrogen) atoms. The van der Waals surface area contributed by atoms with Crippen LogP contribution in [0.15, 0.2) is 160 Å². The molecule has 4 nitrogen and oxygen atoms in total. The molecule has 0 aliphatic carbocycles. The second-order valence-corrected chi connectivity index (χ2v) is 17.9. The largest absolute Gasteiger partial charge is 0.456 e. The normalized spacial score (nSPS) is 12.0. The van der Waals surface area contributed by atoms with E-state index >= 15 is 0 Å². The molecule has 0 saturated carbocycles. The van der Waals surface area contributed by atoms with Crippen molar-refractivity contribution in [1.82, 2.24) is 0 Å². The Morgan fingerprint density at radius 1 is 0.349 bits per heavy atom. The van der Waals surface area contributed by atoms with Crippen LogP contribution in [0.2, 0.25) is 0 Å². The Morgan fingerprint density at radius 3 is 1.13 bits per heavy atom. The van der Waals surface area contributed by atoms with E-state index in [1.807, 2.05) is 0 Å². The number of benzene rings is 9. The van der Waals surface area contributed by atoms with Gasteiger partial charge >= 0.3 is 0 Å². The summed E-state index contributed by atoms with van der Waals surface area (Å²) in [4.78, 5) is 4.71. The summed E-state index contributed by atoms with van der Waals surface area (Å²) >= 11 is 0. The maximum absolute atomic E-state index is 6.92. The molecule has 0 aliphatic rings. The fraction of sp³-hybridized carbons (Fsp3) is 0.153. The third kappa shape index (κ3) is 6.35. The van der Waals surface area contributed by atoms with Crippen LogP contribution in [0.4, 0.5) is 34.1 Å². The SMILES string of the molecule is Cc1cc(N(c2ccccc2)c2ccc3cc4c(cc3c2)oc2c(C(C)C)c3oc5cc6cc(N(c7ccccc7)c7cc(C)c(C)c(C)c7)ccc6cc5c3cc24)cc(C)c1C. The summed E-state index contributed by atoms with van der Waals surface area (Å²) in [5, 5.41) is 9.05. The monoisotopic (exact) mass is 818 g/mol. The van der Waals surface area contributed by atoms with Crippen LogP contribution >= 0.6 is 0 Å². The average Bonchev–Trinajstić information content (AvgIpc) is 3.81. The number of anilines is 6. The summed E-state index contributed by atoms with van der Waals surface area (Å²) in [7, 11) is 0. The van der Waals surface area contributed by atoms with Crippen LogP contribution in [-0.4, -0.2) is 0 Å². The number of para-hydroxylation sites is 2. The molecule has 0 fully saturated rings. The van der Waals surface area contributed by atoms with Crippen LogP contribution < -0.4 is 9.80 Å². The first-order chi connectivity index (χ1) is 30.5. The maximum atomic E-state index is 6.92. The Kier molecular flexibility index (Phi) is 8.99. The molecule has 11 aromatic rings. The summed E-state index contributed by atoms with van der Waals surface area (Å²) in [6.07, 6.45) is 0. The first-order valence-corrected chi connectivity index (χ1v) is 22.1. The van der Waals surface area contributed by atoms with E-state index in [0.717, 1.165) is 94.3 Å². The molecule has 2 heterocycles. The minimum atomic E-state index is 0.168. The minimum Gasteiger partial charge on any atom is -0.456 e. The molecule has 0 atom stereocenters. The fourth-order valence-electron chi connectivity index (χ4n) is 9.76. The van der Waals surface area contributed by atoms with Crippen molar-refractivity contribution < 1.29 is 8.83 Å². The van der Waals surface area contributed by atoms with E-state index in [1.165, 1.54) is 44.2 Å². The van der Waals surface area contributed by atoms with Gasteiger partial charge in [0.25, 0.3) is 0 Å². The Labute approximate surface area is 368 Å². The second kappa shape index (κ2) is 14.7. The summed E-state index contributed by atoms with van der Waals surface area (Å²) in [5.41, 5.74) is 19.2. The van der Waals surface area contributed by atoms with Gasteiger partial charge in [0.1, 0.15) is 22.3 Å². The molecule has 4 heteroatoms. The van der Waals surface area contributed by atoms with E-state index in [1.54, 1.807) is 0 Å². The molecule has 0 radical (unpaired) electrons. The van der Waals surface area contributed by atoms with E-state index in [2.05, 4.69) is 217 Å². The molecule has 0 unspecified atom stereocenters. The molecule has 9 aromatic carbocycles. The maximum Gasteiger partial charge on any atom is 0.142 e. The summed E-state index contributed by atoms with van der Waals surface area (Å²) in [6.45, 7) is 17.7. The molecule has 2 aromatic heterocycles. The van der Waals surface area contributed by atoms with E-state index in [9.17, 15) is 0 Å². The van der Waals surface area contributed by atoms with Crippen molar-refractivity contribution in [3.05, 3.63) is 191 Å². The predicted octanol–water partition coefficient (Wildman–Crippen LogP) is 17.7. The molecular weight excluding hydrogens is 769 g/mol. The smallest absolute Gasteiger partial charge is 0.142 e. The Morgan fingerprint density at radius 2 is 0.746 bits per heavy atom. The average molecular weight is 819 g/mol. The van der Waals surface area contributed by atoms with Crippen LogP contribution in [0.1, 0.15) is 58.7 Å². The molecule has 0 aliphatic heterocycles. The number of rotatable bonds is 7. The molecule has 0 spiro atoms. The number of aryl methyl sites for hydroxylation is 4. The van der Waals surface area contributed by atoms with Crippen LogP contribution in [0.5, 0.6) is 0 Å². The fourth-order valence-corrected chi connectivity index (χ4v) is 9.76.